The van der Waals surface area contributed by atoms with E-state index < -0.39 is 0 Å². The van der Waals surface area contributed by atoms with E-state index in [2.05, 4.69) is 60.8 Å². The van der Waals surface area contributed by atoms with Crippen LogP contribution in [0.2, 0.25) is 5.02 Å². The van der Waals surface area contributed by atoms with Crippen LogP contribution in [0.5, 0.6) is 5.75 Å². The number of phenolic OH excluding ortho intramolecular Hbond substituents is 1. The Morgan fingerprint density at radius 1 is 0.903 bits per heavy atom. The number of halogens is 1. The number of rotatable bonds is 16. The predicted molar refractivity (Wildman–Crippen MR) is 133 cm³/mol. The molecular formula is C27H38ClNO2. The molecule has 0 atom stereocenters. The number of hydrogen-bond acceptors (Lipinski definition) is 2. The van der Waals surface area contributed by atoms with Crippen LogP contribution in [-0.2, 0) is 11.3 Å². The summed E-state index contributed by atoms with van der Waals surface area (Å²) in [6.45, 7) is 2.65. The lowest BCUT2D eigenvalue weighted by molar-refractivity contribution is -0.121. The smallest absolute Gasteiger partial charge is 0.220 e. The maximum Gasteiger partial charge on any atom is 0.220 e. The molecular weight excluding hydrogens is 406 g/mol. The lowest BCUT2D eigenvalue weighted by Crippen LogP contribution is -2.22. The fourth-order valence-electron chi connectivity index (χ4n) is 2.89. The Labute approximate surface area is 193 Å². The molecule has 0 aliphatic heterocycles. The summed E-state index contributed by atoms with van der Waals surface area (Å²) in [5.41, 5.74) is 0.872. The summed E-state index contributed by atoms with van der Waals surface area (Å²) in [5, 5.41) is 12.6. The minimum Gasteiger partial charge on any atom is -0.506 e. The Morgan fingerprint density at radius 3 is 2.06 bits per heavy atom. The first-order chi connectivity index (χ1) is 15.1. The molecule has 3 nitrogen and oxygen atoms in total. The van der Waals surface area contributed by atoms with Crippen molar-refractivity contribution in [1.29, 1.82) is 0 Å². The Bertz CT molecular complexity index is 735. The SMILES string of the molecule is CCCCC/C=C\C/C=C\C/C=C\C/C=C\CCCC(=O)NCc1ccc(O)c(Cl)c1. The zero-order chi connectivity index (χ0) is 22.6. The second kappa shape index (κ2) is 18.5. The third kappa shape index (κ3) is 15.2. The van der Waals surface area contributed by atoms with Gasteiger partial charge in [-0.25, -0.2) is 0 Å². The largest absolute Gasteiger partial charge is 0.506 e. The summed E-state index contributed by atoms with van der Waals surface area (Å²) in [7, 11) is 0. The van der Waals surface area contributed by atoms with Gasteiger partial charge in [-0.15, -0.1) is 0 Å². The van der Waals surface area contributed by atoms with Crippen molar-refractivity contribution in [2.24, 2.45) is 0 Å². The lowest BCUT2D eigenvalue weighted by Gasteiger charge is -2.06. The topological polar surface area (TPSA) is 49.3 Å². The molecule has 0 aliphatic rings. The summed E-state index contributed by atoms with van der Waals surface area (Å²) in [5.74, 6) is 0.0795. The van der Waals surface area contributed by atoms with Crippen molar-refractivity contribution >= 4 is 17.5 Å². The second-order valence-electron chi connectivity index (χ2n) is 7.54. The summed E-state index contributed by atoms with van der Waals surface area (Å²) >= 11 is 5.86. The number of allylic oxidation sites excluding steroid dienone is 8. The Hall–Kier alpha value is -2.26. The van der Waals surface area contributed by atoms with E-state index in [0.717, 1.165) is 37.7 Å². The van der Waals surface area contributed by atoms with E-state index in [-0.39, 0.29) is 11.7 Å². The standard InChI is InChI=1S/C27H38ClNO2/c1-2-3-4-5-6-7-8-9-10-11-12-13-14-15-16-17-18-19-27(31)29-23-24-20-21-26(30)25(28)22-24/h6-7,9-10,12-13,15-16,20-22,30H,2-5,8,11,14,17-19,23H2,1H3,(H,29,31)/b7-6-,10-9-,13-12-,16-15-. The quantitative estimate of drug-likeness (QED) is 0.202. The van der Waals surface area contributed by atoms with Gasteiger partial charge in [0.05, 0.1) is 5.02 Å². The van der Waals surface area contributed by atoms with Crippen molar-refractivity contribution < 1.29 is 9.90 Å². The van der Waals surface area contributed by atoms with Crippen LogP contribution in [0.4, 0.5) is 0 Å². The van der Waals surface area contributed by atoms with E-state index in [1.807, 2.05) is 0 Å². The van der Waals surface area contributed by atoms with E-state index in [4.69, 9.17) is 11.6 Å². The van der Waals surface area contributed by atoms with Crippen LogP contribution < -0.4 is 5.32 Å². The van der Waals surface area contributed by atoms with Crippen molar-refractivity contribution in [1.82, 2.24) is 5.32 Å². The molecule has 0 aliphatic carbocycles. The molecule has 0 radical (unpaired) electrons. The third-order valence-electron chi connectivity index (χ3n) is 4.73. The van der Waals surface area contributed by atoms with Crippen molar-refractivity contribution in [3.8, 4) is 5.75 Å². The molecule has 0 saturated heterocycles. The van der Waals surface area contributed by atoms with Crippen molar-refractivity contribution in [3.63, 3.8) is 0 Å². The highest BCUT2D eigenvalue weighted by Gasteiger charge is 2.03. The molecule has 0 aromatic heterocycles. The van der Waals surface area contributed by atoms with E-state index >= 15 is 0 Å². The summed E-state index contributed by atoms with van der Waals surface area (Å²) in [4.78, 5) is 11.9. The molecule has 0 fully saturated rings. The number of hydrogen-bond donors (Lipinski definition) is 2. The third-order valence-corrected chi connectivity index (χ3v) is 5.04. The van der Waals surface area contributed by atoms with E-state index in [9.17, 15) is 9.90 Å². The fourth-order valence-corrected chi connectivity index (χ4v) is 3.09. The molecule has 1 aromatic carbocycles. The lowest BCUT2D eigenvalue weighted by atomic mass is 10.2. The number of phenols is 1. The van der Waals surface area contributed by atoms with Gasteiger partial charge in [0.15, 0.2) is 0 Å². The number of aromatic hydroxyl groups is 1. The van der Waals surface area contributed by atoms with Gasteiger partial charge in [0.2, 0.25) is 5.91 Å². The Kier molecular flexibility index (Phi) is 16.0. The molecule has 4 heteroatoms. The highest BCUT2D eigenvalue weighted by molar-refractivity contribution is 6.32. The Balaban J connectivity index is 2.00. The van der Waals surface area contributed by atoms with Crippen LogP contribution in [0.1, 0.15) is 76.7 Å². The molecule has 1 aromatic rings. The van der Waals surface area contributed by atoms with Gasteiger partial charge in [-0.05, 0) is 62.6 Å². The summed E-state index contributed by atoms with van der Waals surface area (Å²) < 4.78 is 0. The highest BCUT2D eigenvalue weighted by Crippen LogP contribution is 2.23. The maximum absolute atomic E-state index is 11.9. The van der Waals surface area contributed by atoms with E-state index in [0.29, 0.717) is 18.0 Å². The van der Waals surface area contributed by atoms with Crippen LogP contribution >= 0.6 is 11.6 Å². The van der Waals surface area contributed by atoms with Gasteiger partial charge in [0.1, 0.15) is 5.75 Å². The van der Waals surface area contributed by atoms with Crippen molar-refractivity contribution in [3.05, 3.63) is 77.4 Å². The summed E-state index contributed by atoms with van der Waals surface area (Å²) in [6.07, 6.45) is 27.9. The molecule has 170 valence electrons. The van der Waals surface area contributed by atoms with Gasteiger partial charge >= 0.3 is 0 Å². The van der Waals surface area contributed by atoms with Gasteiger partial charge in [-0.3, -0.25) is 4.79 Å². The van der Waals surface area contributed by atoms with Gasteiger partial charge < -0.3 is 10.4 Å². The number of carbonyl (C=O) groups excluding carboxylic acids is 1. The monoisotopic (exact) mass is 443 g/mol. The number of carbonyl (C=O) groups is 1. The van der Waals surface area contributed by atoms with Gasteiger partial charge in [-0.2, -0.15) is 0 Å². The normalized spacial score (nSPS) is 12.1. The molecule has 0 saturated carbocycles. The van der Waals surface area contributed by atoms with Crippen LogP contribution in [0.25, 0.3) is 0 Å². The number of unbranched alkanes of at least 4 members (excludes halogenated alkanes) is 4. The zero-order valence-corrected chi connectivity index (χ0v) is 19.6. The molecule has 0 unspecified atom stereocenters. The van der Waals surface area contributed by atoms with Gasteiger partial charge in [0.25, 0.3) is 0 Å². The minimum absolute atomic E-state index is 0.0279. The average Bonchev–Trinajstić information content (AvgIpc) is 2.76. The first kappa shape index (κ1) is 26.8. The molecule has 31 heavy (non-hydrogen) atoms. The molecule has 0 bridgehead atoms. The van der Waals surface area contributed by atoms with Crippen LogP contribution in [-0.4, -0.2) is 11.0 Å². The van der Waals surface area contributed by atoms with Gasteiger partial charge in [0, 0.05) is 13.0 Å². The van der Waals surface area contributed by atoms with E-state index in [1.54, 1.807) is 12.1 Å². The van der Waals surface area contributed by atoms with Gasteiger partial charge in [-0.1, -0.05) is 86.0 Å². The molecule has 0 spiro atoms. The maximum atomic E-state index is 11.9. The average molecular weight is 444 g/mol. The van der Waals surface area contributed by atoms with Crippen LogP contribution in [0, 0.1) is 0 Å². The molecule has 0 heterocycles. The first-order valence-corrected chi connectivity index (χ1v) is 11.8. The van der Waals surface area contributed by atoms with Crippen LogP contribution in [0.15, 0.2) is 66.8 Å². The minimum atomic E-state index is 0.0279. The summed E-state index contributed by atoms with van der Waals surface area (Å²) in [6, 6.07) is 4.95. The van der Waals surface area contributed by atoms with Crippen LogP contribution in [0.3, 0.4) is 0 Å². The fraction of sp³-hybridized carbons (Fsp3) is 0.444. The van der Waals surface area contributed by atoms with E-state index in [1.165, 1.54) is 31.7 Å². The predicted octanol–water partition coefficient (Wildman–Crippen LogP) is 7.81. The number of benzene rings is 1. The first-order valence-electron chi connectivity index (χ1n) is 11.5. The molecule has 1 amide bonds. The zero-order valence-electron chi connectivity index (χ0n) is 18.9. The molecule has 1 rings (SSSR count). The number of nitrogens with one attached hydrogen (secondary N) is 1. The Morgan fingerprint density at radius 2 is 1.48 bits per heavy atom. The van der Waals surface area contributed by atoms with Crippen molar-refractivity contribution in [2.45, 2.75) is 77.7 Å². The molecule has 2 N–H and O–H groups in total. The second-order valence-corrected chi connectivity index (χ2v) is 7.95. The highest BCUT2D eigenvalue weighted by atomic mass is 35.5. The van der Waals surface area contributed by atoms with Crippen molar-refractivity contribution in [2.75, 3.05) is 0 Å². The number of amides is 1.